The number of nitrogens with one attached hydrogen (secondary N) is 1. The highest BCUT2D eigenvalue weighted by atomic mass is 19.4. The molecule has 0 spiro atoms. The van der Waals surface area contributed by atoms with E-state index >= 15 is 0 Å². The van der Waals surface area contributed by atoms with Crippen molar-refractivity contribution >= 4 is 11.9 Å². The number of hydrogen-bond donors (Lipinski definition) is 1. The van der Waals surface area contributed by atoms with E-state index in [1.165, 1.54) is 10.7 Å². The van der Waals surface area contributed by atoms with Crippen LogP contribution in [0.1, 0.15) is 102 Å². The first-order valence-corrected chi connectivity index (χ1v) is 15.8. The molecule has 5 rings (SSSR count). The number of carbonyl (C=O) groups is 2. The van der Waals surface area contributed by atoms with Crippen LogP contribution in [-0.2, 0) is 28.8 Å². The number of hydrogen-bond acceptors (Lipinski definition) is 6. The third-order valence-electron chi connectivity index (χ3n) is 8.62. The second-order valence-corrected chi connectivity index (χ2v) is 13.5. The third-order valence-corrected chi connectivity index (χ3v) is 8.62. The zero-order valence-electron chi connectivity index (χ0n) is 27.9. The Morgan fingerprint density at radius 1 is 0.979 bits per heavy atom. The highest BCUT2D eigenvalue weighted by Crippen LogP contribution is 2.35. The fourth-order valence-corrected chi connectivity index (χ4v) is 6.24. The van der Waals surface area contributed by atoms with Gasteiger partial charge in [-0.1, -0.05) is 11.3 Å². The molecule has 10 nitrogen and oxygen atoms in total. The number of amides is 1. The second-order valence-electron chi connectivity index (χ2n) is 13.5. The molecule has 0 aliphatic heterocycles. The van der Waals surface area contributed by atoms with Crippen molar-refractivity contribution < 1.29 is 27.5 Å². The highest BCUT2D eigenvalue weighted by molar-refractivity contribution is 5.91. The minimum absolute atomic E-state index is 0.00587. The molecule has 0 radical (unpaired) electrons. The summed E-state index contributed by atoms with van der Waals surface area (Å²) >= 11 is 0. The molecule has 47 heavy (non-hydrogen) atoms. The molecular weight excluding hydrogens is 611 g/mol. The van der Waals surface area contributed by atoms with Gasteiger partial charge in [-0.2, -0.15) is 18.3 Å². The molecule has 1 fully saturated rings. The summed E-state index contributed by atoms with van der Waals surface area (Å²) in [5, 5.41) is 15.7. The molecular formula is C34H42F3N7O3. The van der Waals surface area contributed by atoms with E-state index < -0.39 is 17.3 Å². The molecule has 0 atom stereocenters. The lowest BCUT2D eigenvalue weighted by atomic mass is 9.85. The van der Waals surface area contributed by atoms with Gasteiger partial charge in [0.05, 0.1) is 41.3 Å². The normalized spacial score (nSPS) is 17.1. The molecule has 1 N–H and O–H groups in total. The van der Waals surface area contributed by atoms with Gasteiger partial charge in [0.15, 0.2) is 0 Å². The monoisotopic (exact) mass is 653 g/mol. The topological polar surface area (TPSA) is 109 Å². The minimum atomic E-state index is -4.58. The Morgan fingerprint density at radius 2 is 1.68 bits per heavy atom. The van der Waals surface area contributed by atoms with Crippen molar-refractivity contribution in [3.8, 4) is 5.69 Å². The Bertz CT molecular complexity index is 1770. The maximum absolute atomic E-state index is 14.0. The van der Waals surface area contributed by atoms with E-state index in [2.05, 4.69) is 20.7 Å². The van der Waals surface area contributed by atoms with Gasteiger partial charge in [0.1, 0.15) is 11.3 Å². The van der Waals surface area contributed by atoms with Crippen LogP contribution in [0.5, 0.6) is 0 Å². The van der Waals surface area contributed by atoms with Crippen molar-refractivity contribution in [3.63, 3.8) is 0 Å². The Labute approximate surface area is 272 Å². The molecule has 0 unspecified atom stereocenters. The van der Waals surface area contributed by atoms with Crippen molar-refractivity contribution in [2.45, 2.75) is 105 Å². The molecule has 13 heteroatoms. The van der Waals surface area contributed by atoms with Crippen LogP contribution in [0.3, 0.4) is 0 Å². The minimum Gasteiger partial charge on any atom is -0.456 e. The number of carbonyl (C=O) groups excluding carboxylic acids is 2. The standard InChI is InChI=1S/C34H42F3N7O3/c1-20-14-22(3)44(40-20)28-13-10-25(30(16-28)34(35,36)37)17-38-31(45)24-8-11-27(12-9-24)43-19-26(39-41-43)18-42-21(2)15-29(23(42)4)32(46)47-33(5,6)7/h10,13-16,19,24,27H,8-9,11-12,17-18H2,1-7H3,(H,38,45). The first-order chi connectivity index (χ1) is 22.0. The molecule has 1 saturated carbocycles. The molecule has 3 aromatic heterocycles. The van der Waals surface area contributed by atoms with Gasteiger partial charge in [-0.3, -0.25) is 4.79 Å². The average molecular weight is 654 g/mol. The number of rotatable bonds is 8. The summed E-state index contributed by atoms with van der Waals surface area (Å²) < 4.78 is 52.9. The van der Waals surface area contributed by atoms with E-state index in [-0.39, 0.29) is 35.9 Å². The molecule has 0 bridgehead atoms. The van der Waals surface area contributed by atoms with E-state index in [9.17, 15) is 22.8 Å². The maximum atomic E-state index is 14.0. The summed E-state index contributed by atoms with van der Waals surface area (Å²) in [4.78, 5) is 25.7. The van der Waals surface area contributed by atoms with Gasteiger partial charge in [-0.25, -0.2) is 14.2 Å². The van der Waals surface area contributed by atoms with Crippen LogP contribution in [0.25, 0.3) is 5.69 Å². The lowest BCUT2D eigenvalue weighted by Gasteiger charge is -2.27. The molecule has 1 amide bonds. The molecule has 1 aliphatic carbocycles. The summed E-state index contributed by atoms with van der Waals surface area (Å²) in [6, 6.07) is 7.76. The van der Waals surface area contributed by atoms with Crippen molar-refractivity contribution in [1.82, 2.24) is 34.7 Å². The lowest BCUT2D eigenvalue weighted by Crippen LogP contribution is -2.33. The molecule has 252 valence electrons. The summed E-state index contributed by atoms with van der Waals surface area (Å²) in [6.07, 6.45) is -0.133. The van der Waals surface area contributed by atoms with Crippen LogP contribution < -0.4 is 5.32 Å². The first-order valence-electron chi connectivity index (χ1n) is 15.8. The van der Waals surface area contributed by atoms with Gasteiger partial charge in [-0.05, 0) is 104 Å². The zero-order chi connectivity index (χ0) is 34.3. The van der Waals surface area contributed by atoms with Gasteiger partial charge >= 0.3 is 12.1 Å². The summed E-state index contributed by atoms with van der Waals surface area (Å²) in [6.45, 7) is 13.1. The smallest absolute Gasteiger partial charge is 0.416 e. The van der Waals surface area contributed by atoms with Gasteiger partial charge < -0.3 is 14.6 Å². The number of benzene rings is 1. The predicted molar refractivity (Wildman–Crippen MR) is 169 cm³/mol. The van der Waals surface area contributed by atoms with Crippen molar-refractivity contribution in [2.24, 2.45) is 5.92 Å². The SMILES string of the molecule is Cc1cc(C)n(-c2ccc(CNC(=O)C3CCC(n4cc(Cn5c(C)cc(C(=O)OC(C)(C)C)c5C)nn4)CC3)c(C(F)(F)F)c2)n1. The number of aromatic nitrogens is 6. The van der Waals surface area contributed by atoms with E-state index in [0.717, 1.165) is 28.8 Å². The quantitative estimate of drug-likeness (QED) is 0.216. The Hall–Kier alpha value is -4.42. The fourth-order valence-electron chi connectivity index (χ4n) is 6.24. The largest absolute Gasteiger partial charge is 0.456 e. The predicted octanol–water partition coefficient (Wildman–Crippen LogP) is 6.57. The van der Waals surface area contributed by atoms with Gasteiger partial charge in [-0.15, -0.1) is 5.10 Å². The van der Waals surface area contributed by atoms with E-state index in [1.54, 1.807) is 26.0 Å². The third kappa shape index (κ3) is 7.77. The Balaban J connectivity index is 1.17. The zero-order valence-corrected chi connectivity index (χ0v) is 27.9. The average Bonchev–Trinajstić information content (AvgIpc) is 3.68. The van der Waals surface area contributed by atoms with Crippen molar-refractivity contribution in [1.29, 1.82) is 0 Å². The molecule has 1 aromatic carbocycles. The Morgan fingerprint density at radius 3 is 2.30 bits per heavy atom. The number of ether oxygens (including phenoxy) is 1. The van der Waals surface area contributed by atoms with E-state index in [0.29, 0.717) is 49.2 Å². The fraction of sp³-hybridized carbons (Fsp3) is 0.500. The van der Waals surface area contributed by atoms with E-state index in [4.69, 9.17) is 4.74 Å². The first kappa shape index (κ1) is 33.9. The molecule has 0 saturated heterocycles. The number of halogens is 3. The second kappa shape index (κ2) is 13.0. The number of nitrogens with zero attached hydrogens (tertiary/aromatic N) is 6. The van der Waals surface area contributed by atoms with Crippen LogP contribution in [-0.4, -0.2) is 46.8 Å². The van der Waals surface area contributed by atoms with Crippen LogP contribution in [0.2, 0.25) is 0 Å². The lowest BCUT2D eigenvalue weighted by molar-refractivity contribution is -0.138. The summed E-state index contributed by atoms with van der Waals surface area (Å²) in [7, 11) is 0. The summed E-state index contributed by atoms with van der Waals surface area (Å²) in [5.41, 5.74) is 3.34. The number of esters is 1. The summed E-state index contributed by atoms with van der Waals surface area (Å²) in [5.74, 6) is -0.914. The van der Waals surface area contributed by atoms with Crippen LogP contribution >= 0.6 is 0 Å². The van der Waals surface area contributed by atoms with Crippen molar-refractivity contribution in [3.05, 3.63) is 81.7 Å². The van der Waals surface area contributed by atoms with Gasteiger partial charge in [0, 0.05) is 29.5 Å². The number of aryl methyl sites for hydroxylation is 3. The number of alkyl halides is 3. The molecule has 1 aliphatic rings. The van der Waals surface area contributed by atoms with Gasteiger partial charge in [0.25, 0.3) is 0 Å². The van der Waals surface area contributed by atoms with Gasteiger partial charge in [0.2, 0.25) is 5.91 Å². The van der Waals surface area contributed by atoms with Crippen LogP contribution in [0.15, 0.2) is 36.5 Å². The highest BCUT2D eigenvalue weighted by Gasteiger charge is 2.35. The maximum Gasteiger partial charge on any atom is 0.416 e. The molecule has 3 heterocycles. The van der Waals surface area contributed by atoms with Crippen LogP contribution in [0.4, 0.5) is 13.2 Å². The Kier molecular flexibility index (Phi) is 9.38. The van der Waals surface area contributed by atoms with Crippen LogP contribution in [0, 0.1) is 33.6 Å². The van der Waals surface area contributed by atoms with Crippen molar-refractivity contribution in [2.75, 3.05) is 0 Å². The molecule has 4 aromatic rings. The van der Waals surface area contributed by atoms with E-state index in [1.807, 2.05) is 56.1 Å².